The molecule has 2 atom stereocenters. The Morgan fingerprint density at radius 3 is 1.88 bits per heavy atom. The standard InChI is InChI=1S/C28H45FN5O8P/c29-22-13-11-21(12-14-22)27(38)33-19-6-1-3-9-24(35)31-17-5-2-4-10-26(37)34-23(28(39)40)15-16-25(36)32-18-7-8-20-42-43(30)41/h11-14,23,41H,1-10,15-20,30H2,(H,31,35)(H,32,36)(H,33,38)(H,34,37)(H,39,40). The fourth-order valence-electron chi connectivity index (χ4n) is 3.90. The molecule has 0 fully saturated rings. The summed E-state index contributed by atoms with van der Waals surface area (Å²) < 4.78 is 17.7. The summed E-state index contributed by atoms with van der Waals surface area (Å²) in [4.78, 5) is 68.3. The van der Waals surface area contributed by atoms with Gasteiger partial charge in [0.15, 0.2) is 0 Å². The van der Waals surface area contributed by atoms with Crippen LogP contribution in [0.3, 0.4) is 0 Å². The van der Waals surface area contributed by atoms with Gasteiger partial charge in [-0.15, -0.1) is 0 Å². The number of rotatable bonds is 24. The highest BCUT2D eigenvalue weighted by Gasteiger charge is 2.20. The molecule has 1 rings (SSSR count). The van der Waals surface area contributed by atoms with Crippen LogP contribution in [0.5, 0.6) is 0 Å². The molecule has 0 spiro atoms. The molecule has 1 aromatic rings. The summed E-state index contributed by atoms with van der Waals surface area (Å²) >= 11 is 0. The maximum atomic E-state index is 12.9. The first-order chi connectivity index (χ1) is 20.6. The Morgan fingerprint density at radius 1 is 0.767 bits per heavy atom. The van der Waals surface area contributed by atoms with Gasteiger partial charge in [0.05, 0.1) is 6.61 Å². The van der Waals surface area contributed by atoms with Crippen molar-refractivity contribution in [2.75, 3.05) is 26.2 Å². The number of nitrogens with one attached hydrogen (secondary N) is 4. The van der Waals surface area contributed by atoms with E-state index >= 15 is 0 Å². The summed E-state index contributed by atoms with van der Waals surface area (Å²) in [5, 5.41) is 20.1. The van der Waals surface area contributed by atoms with Crippen molar-refractivity contribution in [3.63, 3.8) is 0 Å². The number of unbranched alkanes of at least 4 members (excludes halogenated alkanes) is 5. The van der Waals surface area contributed by atoms with Gasteiger partial charge in [0.2, 0.25) is 26.2 Å². The van der Waals surface area contributed by atoms with Crippen molar-refractivity contribution in [1.29, 1.82) is 0 Å². The van der Waals surface area contributed by atoms with Gasteiger partial charge < -0.3 is 35.8 Å². The highest BCUT2D eigenvalue weighted by Crippen LogP contribution is 2.19. The Bertz CT molecular complexity index is 1000. The van der Waals surface area contributed by atoms with E-state index in [1.165, 1.54) is 24.3 Å². The quantitative estimate of drug-likeness (QED) is 0.0660. The number of hydrogen-bond acceptors (Lipinski definition) is 8. The first kappa shape index (κ1) is 37.8. The van der Waals surface area contributed by atoms with E-state index in [-0.39, 0.29) is 43.6 Å². The molecule has 43 heavy (non-hydrogen) atoms. The lowest BCUT2D eigenvalue weighted by Crippen LogP contribution is -2.41. The van der Waals surface area contributed by atoms with Crippen LogP contribution in [-0.4, -0.2) is 71.9 Å². The molecule has 0 saturated carbocycles. The van der Waals surface area contributed by atoms with Crippen LogP contribution in [0.1, 0.15) is 87.4 Å². The number of halogens is 1. The van der Waals surface area contributed by atoms with Crippen LogP contribution in [0.4, 0.5) is 4.39 Å². The summed E-state index contributed by atoms with van der Waals surface area (Å²) in [7, 11) is -1.89. The molecular weight excluding hydrogens is 584 g/mol. The molecule has 1 aromatic carbocycles. The number of aliphatic carboxylic acids is 1. The number of carboxylic acid groups (broad SMARTS) is 1. The summed E-state index contributed by atoms with van der Waals surface area (Å²) in [5.41, 5.74) is 5.50. The van der Waals surface area contributed by atoms with Crippen LogP contribution in [-0.2, 0) is 23.7 Å². The van der Waals surface area contributed by atoms with Gasteiger partial charge in [-0.05, 0) is 69.2 Å². The van der Waals surface area contributed by atoms with Gasteiger partial charge in [0.1, 0.15) is 11.9 Å². The Balaban J connectivity index is 2.04. The van der Waals surface area contributed by atoms with Gasteiger partial charge in [0.25, 0.3) is 5.91 Å². The van der Waals surface area contributed by atoms with E-state index in [2.05, 4.69) is 21.3 Å². The van der Waals surface area contributed by atoms with Crippen LogP contribution < -0.4 is 26.8 Å². The van der Waals surface area contributed by atoms with Crippen molar-refractivity contribution in [2.24, 2.45) is 5.50 Å². The third-order valence-corrected chi connectivity index (χ3v) is 6.73. The van der Waals surface area contributed by atoms with Crippen LogP contribution in [0.2, 0.25) is 0 Å². The van der Waals surface area contributed by atoms with E-state index in [0.717, 1.165) is 12.8 Å². The molecule has 0 aromatic heterocycles. The summed E-state index contributed by atoms with van der Waals surface area (Å²) in [6.45, 7) is 1.60. The molecule has 0 heterocycles. The van der Waals surface area contributed by atoms with Crippen LogP contribution >= 0.6 is 8.53 Å². The number of hydrogen-bond donors (Lipinski definition) is 7. The maximum Gasteiger partial charge on any atom is 0.326 e. The highest BCUT2D eigenvalue weighted by molar-refractivity contribution is 7.43. The molecule has 0 aliphatic heterocycles. The van der Waals surface area contributed by atoms with Gasteiger partial charge in [-0.25, -0.2) is 9.18 Å². The zero-order chi connectivity index (χ0) is 31.9. The molecule has 0 aliphatic carbocycles. The van der Waals surface area contributed by atoms with Crippen molar-refractivity contribution in [2.45, 2.75) is 83.1 Å². The predicted octanol–water partition coefficient (Wildman–Crippen LogP) is 2.23. The molecule has 0 radical (unpaired) electrons. The molecule has 242 valence electrons. The maximum absolute atomic E-state index is 12.9. The van der Waals surface area contributed by atoms with E-state index in [9.17, 15) is 33.5 Å². The number of carboxylic acids is 1. The normalized spacial score (nSPS) is 12.2. The lowest BCUT2D eigenvalue weighted by Gasteiger charge is -2.14. The fourth-order valence-corrected chi connectivity index (χ4v) is 4.21. The molecule has 0 aliphatic rings. The average molecular weight is 630 g/mol. The number of benzene rings is 1. The number of amides is 4. The molecule has 0 bridgehead atoms. The van der Waals surface area contributed by atoms with Gasteiger partial charge >= 0.3 is 5.97 Å². The summed E-state index contributed by atoms with van der Waals surface area (Å²) in [6.07, 6.45) is 5.71. The second-order valence-corrected chi connectivity index (χ2v) is 10.8. The monoisotopic (exact) mass is 629 g/mol. The molecule has 2 unspecified atom stereocenters. The molecule has 0 saturated heterocycles. The van der Waals surface area contributed by atoms with Crippen molar-refractivity contribution in [3.8, 4) is 0 Å². The van der Waals surface area contributed by atoms with Crippen LogP contribution in [0.25, 0.3) is 0 Å². The third kappa shape index (κ3) is 20.4. The van der Waals surface area contributed by atoms with Crippen molar-refractivity contribution in [3.05, 3.63) is 35.6 Å². The van der Waals surface area contributed by atoms with E-state index in [0.29, 0.717) is 70.1 Å². The van der Waals surface area contributed by atoms with E-state index in [1.807, 2.05) is 0 Å². The number of carbonyl (C=O) groups excluding carboxylic acids is 4. The zero-order valence-electron chi connectivity index (χ0n) is 24.4. The van der Waals surface area contributed by atoms with E-state index in [4.69, 9.17) is 14.9 Å². The average Bonchev–Trinajstić information content (AvgIpc) is 2.96. The smallest absolute Gasteiger partial charge is 0.326 e. The van der Waals surface area contributed by atoms with E-state index in [1.54, 1.807) is 0 Å². The van der Waals surface area contributed by atoms with Crippen LogP contribution in [0, 0.1) is 5.82 Å². The van der Waals surface area contributed by atoms with Gasteiger partial charge in [0, 0.05) is 44.5 Å². The van der Waals surface area contributed by atoms with E-state index < -0.39 is 32.3 Å². The minimum absolute atomic E-state index is 0.0331. The zero-order valence-corrected chi connectivity index (χ0v) is 25.3. The minimum Gasteiger partial charge on any atom is -0.480 e. The van der Waals surface area contributed by atoms with Crippen molar-refractivity contribution >= 4 is 38.1 Å². The largest absolute Gasteiger partial charge is 0.480 e. The number of nitrogens with two attached hydrogens (primary N) is 1. The Hall–Kier alpha value is -3.19. The number of carbonyl (C=O) groups is 5. The van der Waals surface area contributed by atoms with Gasteiger partial charge in [-0.1, -0.05) is 12.8 Å². The molecule has 8 N–H and O–H groups in total. The van der Waals surface area contributed by atoms with Crippen LogP contribution in [0.15, 0.2) is 24.3 Å². The fraction of sp³-hybridized carbons (Fsp3) is 0.607. The Labute approximate surface area is 252 Å². The lowest BCUT2D eigenvalue weighted by molar-refractivity contribution is -0.142. The second kappa shape index (κ2) is 23.3. The summed E-state index contributed by atoms with van der Waals surface area (Å²) in [5.74, 6) is -2.67. The molecule has 15 heteroatoms. The Morgan fingerprint density at radius 2 is 1.30 bits per heavy atom. The van der Waals surface area contributed by atoms with Gasteiger partial charge in [-0.3, -0.25) is 24.7 Å². The Kier molecular flexibility index (Phi) is 20.5. The third-order valence-electron chi connectivity index (χ3n) is 6.29. The molecular formula is C28H45FN5O8P. The SMILES string of the molecule is NP(O)OCCCCNC(=O)CCC(NC(=O)CCCCCNC(=O)CCCCCNC(=O)c1ccc(F)cc1)C(=O)O. The predicted molar refractivity (Wildman–Crippen MR) is 159 cm³/mol. The van der Waals surface area contributed by atoms with Gasteiger partial charge in [-0.2, -0.15) is 0 Å². The minimum atomic E-state index is -1.89. The summed E-state index contributed by atoms with van der Waals surface area (Å²) in [6, 6.07) is 4.15. The highest BCUT2D eigenvalue weighted by atomic mass is 31.2. The topological polar surface area (TPSA) is 209 Å². The van der Waals surface area contributed by atoms with Crippen molar-refractivity contribution in [1.82, 2.24) is 21.3 Å². The lowest BCUT2D eigenvalue weighted by atomic mass is 10.1. The molecule has 4 amide bonds. The molecule has 13 nitrogen and oxygen atoms in total. The first-order valence-electron chi connectivity index (χ1n) is 14.5. The second-order valence-electron chi connectivity index (χ2n) is 9.92. The van der Waals surface area contributed by atoms with Crippen molar-refractivity contribution < 1.29 is 42.9 Å². The first-order valence-corrected chi connectivity index (χ1v) is 15.8.